The molecule has 38 heavy (non-hydrogen) atoms. The molecule has 2 fully saturated rings. The highest BCUT2D eigenvalue weighted by Gasteiger charge is 2.47. The molecule has 9 heteroatoms. The largest absolute Gasteiger partial charge is 0.396 e. The van der Waals surface area contributed by atoms with Crippen LogP contribution in [0.1, 0.15) is 67.6 Å². The second-order valence-electron chi connectivity index (χ2n) is 10.4. The van der Waals surface area contributed by atoms with Gasteiger partial charge in [0.15, 0.2) is 6.29 Å². The molecule has 2 amide bonds. The lowest BCUT2D eigenvalue weighted by Gasteiger charge is -2.32. The minimum atomic E-state index is -0.379. The Hall–Kier alpha value is -3.48. The highest BCUT2D eigenvalue weighted by atomic mass is 16.3. The number of nitrogens with zero attached hydrogens (tertiary/aromatic N) is 3. The van der Waals surface area contributed by atoms with E-state index in [-0.39, 0.29) is 36.9 Å². The first kappa shape index (κ1) is 27.6. The molecule has 1 aromatic rings. The van der Waals surface area contributed by atoms with Gasteiger partial charge in [0.25, 0.3) is 0 Å². The van der Waals surface area contributed by atoms with Crippen molar-refractivity contribution in [2.45, 2.75) is 65.0 Å². The first-order valence-corrected chi connectivity index (χ1v) is 13.5. The van der Waals surface area contributed by atoms with Crippen LogP contribution in [0.4, 0.5) is 10.6 Å². The zero-order chi connectivity index (χ0) is 27.2. The van der Waals surface area contributed by atoms with Crippen molar-refractivity contribution in [3.63, 3.8) is 0 Å². The fraction of sp³-hybridized carbons (Fsp3) is 0.517. The van der Waals surface area contributed by atoms with Gasteiger partial charge in [-0.15, -0.1) is 0 Å². The normalized spacial score (nSPS) is 25.1. The molecule has 0 spiro atoms. The Morgan fingerprint density at radius 1 is 1.32 bits per heavy atom. The third-order valence-electron chi connectivity index (χ3n) is 8.02. The lowest BCUT2D eigenvalue weighted by Crippen LogP contribution is -2.43. The number of hydrogen-bond donors (Lipinski definition) is 4. The Kier molecular flexibility index (Phi) is 8.97. The molecule has 4 atom stereocenters. The van der Waals surface area contributed by atoms with Crippen LogP contribution in [0.2, 0.25) is 0 Å². The molecule has 0 radical (unpaired) electrons. The summed E-state index contributed by atoms with van der Waals surface area (Å²) in [5.74, 6) is 1.52. The Labute approximate surface area is 223 Å². The number of nitrogens with one attached hydrogen (secondary N) is 2. The number of urea groups is 1. The van der Waals surface area contributed by atoms with Gasteiger partial charge < -0.3 is 20.8 Å². The van der Waals surface area contributed by atoms with E-state index >= 15 is 0 Å². The van der Waals surface area contributed by atoms with Crippen molar-refractivity contribution < 1.29 is 19.8 Å². The first-order valence-electron chi connectivity index (χ1n) is 13.5. The van der Waals surface area contributed by atoms with Crippen molar-refractivity contribution in [3.05, 3.63) is 58.1 Å². The molecule has 2 saturated carbocycles. The molecule has 0 aromatic carbocycles. The third-order valence-corrected chi connectivity index (χ3v) is 8.02. The number of aldehydes is 1. The molecule has 0 saturated heterocycles. The van der Waals surface area contributed by atoms with Crippen molar-refractivity contribution in [2.75, 3.05) is 18.1 Å². The maximum Gasteiger partial charge on any atom is 0.327 e. The Balaban J connectivity index is 1.59. The van der Waals surface area contributed by atoms with E-state index in [0.29, 0.717) is 59.4 Å². The number of nitriles is 1. The van der Waals surface area contributed by atoms with Crippen molar-refractivity contribution in [1.29, 1.82) is 5.26 Å². The minimum Gasteiger partial charge on any atom is -0.396 e. The number of aryl methyl sites for hydroxylation is 1. The number of pyridine rings is 1. The maximum atomic E-state index is 13.3. The lowest BCUT2D eigenvalue weighted by molar-refractivity contribution is 0.111. The van der Waals surface area contributed by atoms with Crippen molar-refractivity contribution in [3.8, 4) is 6.07 Å². The summed E-state index contributed by atoms with van der Waals surface area (Å²) < 4.78 is 0. The molecule has 2 aliphatic carbocycles. The van der Waals surface area contributed by atoms with Gasteiger partial charge in [-0.05, 0) is 81.1 Å². The predicted octanol–water partition coefficient (Wildman–Crippen LogP) is 3.49. The van der Waals surface area contributed by atoms with Crippen LogP contribution in [-0.4, -0.2) is 46.7 Å². The number of carbonyl (C=O) groups is 2. The van der Waals surface area contributed by atoms with E-state index in [1.54, 1.807) is 25.1 Å². The summed E-state index contributed by atoms with van der Waals surface area (Å²) in [6.45, 7) is 4.04. The number of hydrogen-bond acceptors (Lipinski definition) is 7. The summed E-state index contributed by atoms with van der Waals surface area (Å²) in [7, 11) is 0. The summed E-state index contributed by atoms with van der Waals surface area (Å²) in [5, 5.41) is 36.0. The van der Waals surface area contributed by atoms with E-state index in [4.69, 9.17) is 0 Å². The molecule has 4 N–H and O–H groups in total. The van der Waals surface area contributed by atoms with Gasteiger partial charge >= 0.3 is 6.03 Å². The van der Waals surface area contributed by atoms with Gasteiger partial charge in [0.05, 0.1) is 17.9 Å². The molecule has 1 aromatic heterocycles. The number of rotatable bonds is 9. The average Bonchev–Trinajstić information content (AvgIpc) is 3.53. The molecule has 2 heterocycles. The zero-order valence-electron chi connectivity index (χ0n) is 22.1. The summed E-state index contributed by atoms with van der Waals surface area (Å²) >= 11 is 0. The van der Waals surface area contributed by atoms with Crippen LogP contribution < -0.4 is 15.5 Å². The van der Waals surface area contributed by atoms with Gasteiger partial charge in [-0.3, -0.25) is 9.69 Å². The molecular weight excluding hydrogens is 482 g/mol. The molecule has 2 unspecified atom stereocenters. The fourth-order valence-electron chi connectivity index (χ4n) is 6.17. The number of anilines is 1. The number of aliphatic hydroxyl groups excluding tert-OH is 2. The van der Waals surface area contributed by atoms with E-state index < -0.39 is 0 Å². The molecule has 4 rings (SSSR count). The number of amides is 2. The van der Waals surface area contributed by atoms with Crippen LogP contribution in [0.15, 0.2) is 41.3 Å². The number of aliphatic hydroxyl groups is 2. The van der Waals surface area contributed by atoms with Crippen molar-refractivity contribution in [2.24, 2.45) is 17.8 Å². The van der Waals surface area contributed by atoms with E-state index in [1.165, 1.54) is 4.90 Å². The smallest absolute Gasteiger partial charge is 0.327 e. The SMILES string of the molecule is CC/C=C/C(C#N)=C(\C=C(/C)NC(=O)N1CCCc2cc(CO)c(C=O)nc21)NC1C(CO)[C@@H]2CC[C@H]1C2. The number of aromatic nitrogens is 1. The van der Waals surface area contributed by atoms with E-state index in [1.807, 2.05) is 13.0 Å². The van der Waals surface area contributed by atoms with Gasteiger partial charge in [0.2, 0.25) is 0 Å². The standard InChI is InChI=1S/C29H37N5O4/c1-3-4-6-22(14-30)25(32-27-20-9-8-19(12-20)24(27)16-36)11-18(2)31-29(38)34-10-5-7-21-13-23(15-35)26(17-37)33-28(21)34/h4,6,11,13,17,19-20,24,27,32,35-36H,3,5,7-10,12,15-16H2,1-2H3,(H,31,38)/b6-4+,18-11+,25-22-/t19-,20+,24?,27?/m1/s1. The maximum absolute atomic E-state index is 13.3. The zero-order valence-corrected chi connectivity index (χ0v) is 22.1. The number of fused-ring (bicyclic) bond motifs is 3. The summed E-state index contributed by atoms with van der Waals surface area (Å²) in [4.78, 5) is 30.7. The minimum absolute atomic E-state index is 0.0764. The number of allylic oxidation sites excluding steroid dienone is 5. The molecule has 9 nitrogen and oxygen atoms in total. The topological polar surface area (TPSA) is 139 Å². The fourth-order valence-corrected chi connectivity index (χ4v) is 6.17. The molecule has 1 aliphatic heterocycles. The Morgan fingerprint density at radius 2 is 2.11 bits per heavy atom. The van der Waals surface area contributed by atoms with Gasteiger partial charge in [0, 0.05) is 36.4 Å². The van der Waals surface area contributed by atoms with Gasteiger partial charge in [-0.2, -0.15) is 5.26 Å². The molecule has 202 valence electrons. The van der Waals surface area contributed by atoms with Gasteiger partial charge in [0.1, 0.15) is 17.6 Å². The van der Waals surface area contributed by atoms with Crippen LogP contribution in [0.5, 0.6) is 0 Å². The van der Waals surface area contributed by atoms with E-state index in [0.717, 1.165) is 37.7 Å². The third kappa shape index (κ3) is 5.66. The highest BCUT2D eigenvalue weighted by Crippen LogP contribution is 2.48. The van der Waals surface area contributed by atoms with E-state index in [9.17, 15) is 25.1 Å². The van der Waals surface area contributed by atoms with E-state index in [2.05, 4.69) is 21.7 Å². The average molecular weight is 520 g/mol. The van der Waals surface area contributed by atoms with Gasteiger partial charge in [-0.25, -0.2) is 9.78 Å². The Morgan fingerprint density at radius 3 is 2.79 bits per heavy atom. The molecule has 2 bridgehead atoms. The number of carbonyl (C=O) groups excluding carboxylic acids is 2. The lowest BCUT2D eigenvalue weighted by atomic mass is 9.84. The highest BCUT2D eigenvalue weighted by molar-refractivity contribution is 5.93. The van der Waals surface area contributed by atoms with Crippen LogP contribution in [0.3, 0.4) is 0 Å². The molecule has 3 aliphatic rings. The van der Waals surface area contributed by atoms with Crippen molar-refractivity contribution >= 4 is 18.1 Å². The second-order valence-corrected chi connectivity index (χ2v) is 10.4. The monoisotopic (exact) mass is 519 g/mol. The Bertz CT molecular complexity index is 1200. The van der Waals surface area contributed by atoms with Crippen LogP contribution in [0, 0.1) is 29.1 Å². The van der Waals surface area contributed by atoms with Crippen molar-refractivity contribution in [1.82, 2.24) is 15.6 Å². The van der Waals surface area contributed by atoms with Crippen LogP contribution >= 0.6 is 0 Å². The summed E-state index contributed by atoms with van der Waals surface area (Å²) in [6, 6.07) is 3.72. The van der Waals surface area contributed by atoms with Crippen LogP contribution in [-0.2, 0) is 13.0 Å². The molecular formula is C29H37N5O4. The second kappa shape index (κ2) is 12.4. The predicted molar refractivity (Wildman–Crippen MR) is 144 cm³/mol. The first-order chi connectivity index (χ1) is 18.4. The van der Waals surface area contributed by atoms with Gasteiger partial charge in [-0.1, -0.05) is 13.0 Å². The van der Waals surface area contributed by atoms with Crippen LogP contribution in [0.25, 0.3) is 0 Å². The summed E-state index contributed by atoms with van der Waals surface area (Å²) in [5.41, 5.74) is 3.03. The summed E-state index contributed by atoms with van der Waals surface area (Å²) in [6.07, 6.45) is 11.6. The quantitative estimate of drug-likeness (QED) is 0.222.